The summed E-state index contributed by atoms with van der Waals surface area (Å²) in [5.74, 6) is -0.507. The van der Waals surface area contributed by atoms with Gasteiger partial charge < -0.3 is 4.90 Å². The summed E-state index contributed by atoms with van der Waals surface area (Å²) in [7, 11) is 0. The number of hydrogen-bond donors (Lipinski definition) is 0. The summed E-state index contributed by atoms with van der Waals surface area (Å²) in [6.45, 7) is 2.42. The van der Waals surface area contributed by atoms with Crippen LogP contribution in [0.4, 0.5) is 4.39 Å². The van der Waals surface area contributed by atoms with Crippen molar-refractivity contribution in [3.63, 3.8) is 0 Å². The normalized spacial score (nSPS) is 25.6. The number of likely N-dealkylation sites (tertiary alicyclic amines) is 1. The highest BCUT2D eigenvalue weighted by Gasteiger charge is 2.40. The number of rotatable bonds is 2. The number of benzene rings is 1. The van der Waals surface area contributed by atoms with Crippen molar-refractivity contribution in [2.24, 2.45) is 5.92 Å². The Hall–Kier alpha value is -1.71. The minimum atomic E-state index is -0.469. The summed E-state index contributed by atoms with van der Waals surface area (Å²) in [4.78, 5) is 26.3. The van der Waals surface area contributed by atoms with Gasteiger partial charge in [0, 0.05) is 24.9 Å². The molecule has 1 aliphatic heterocycles. The van der Waals surface area contributed by atoms with E-state index in [9.17, 15) is 14.0 Å². The lowest BCUT2D eigenvalue weighted by molar-refractivity contribution is -0.121. The predicted octanol–water partition coefficient (Wildman–Crippen LogP) is 3.11. The van der Waals surface area contributed by atoms with Crippen LogP contribution in [0.3, 0.4) is 0 Å². The summed E-state index contributed by atoms with van der Waals surface area (Å²) >= 11 is 0. The summed E-state index contributed by atoms with van der Waals surface area (Å²) in [6, 6.07) is 4.66. The third-order valence-corrected chi connectivity index (χ3v) is 4.73. The Kier molecular flexibility index (Phi) is 3.79. The van der Waals surface area contributed by atoms with Crippen LogP contribution < -0.4 is 0 Å². The Bertz CT molecular complexity index is 584. The topological polar surface area (TPSA) is 37.4 Å². The van der Waals surface area contributed by atoms with Gasteiger partial charge in [-0.05, 0) is 50.3 Å². The predicted molar refractivity (Wildman–Crippen MR) is 77.5 cm³/mol. The molecule has 2 unspecified atom stereocenters. The van der Waals surface area contributed by atoms with Gasteiger partial charge in [-0.15, -0.1) is 0 Å². The molecule has 0 N–H and O–H groups in total. The van der Waals surface area contributed by atoms with Crippen LogP contribution in [-0.2, 0) is 4.79 Å². The molecule has 1 heterocycles. The van der Waals surface area contributed by atoms with Gasteiger partial charge in [0.1, 0.15) is 11.6 Å². The molecule has 1 amide bonds. The van der Waals surface area contributed by atoms with Crippen LogP contribution in [0.5, 0.6) is 0 Å². The quantitative estimate of drug-likeness (QED) is 0.839. The summed E-state index contributed by atoms with van der Waals surface area (Å²) in [6.07, 6.45) is 4.16. The molecule has 21 heavy (non-hydrogen) atoms. The van der Waals surface area contributed by atoms with Crippen LogP contribution in [0, 0.1) is 18.7 Å². The van der Waals surface area contributed by atoms with E-state index in [0.29, 0.717) is 13.0 Å². The maximum absolute atomic E-state index is 14.0. The molecule has 2 fully saturated rings. The van der Waals surface area contributed by atoms with E-state index in [-0.39, 0.29) is 29.2 Å². The number of amides is 1. The maximum Gasteiger partial charge on any atom is 0.257 e. The van der Waals surface area contributed by atoms with Crippen molar-refractivity contribution in [3.05, 3.63) is 35.1 Å². The third kappa shape index (κ3) is 2.59. The summed E-state index contributed by atoms with van der Waals surface area (Å²) < 4.78 is 14.0. The molecule has 1 saturated carbocycles. The lowest BCUT2D eigenvalue weighted by atomic mass is 9.94. The second kappa shape index (κ2) is 5.58. The number of carbonyl (C=O) groups is 2. The lowest BCUT2D eigenvalue weighted by Gasteiger charge is -2.28. The molecule has 2 atom stereocenters. The maximum atomic E-state index is 14.0. The molecule has 4 heteroatoms. The van der Waals surface area contributed by atoms with E-state index >= 15 is 0 Å². The van der Waals surface area contributed by atoms with Crippen molar-refractivity contribution in [3.8, 4) is 0 Å². The Morgan fingerprint density at radius 3 is 2.76 bits per heavy atom. The molecule has 1 aromatic carbocycles. The first-order chi connectivity index (χ1) is 10.1. The molecule has 0 spiro atoms. The van der Waals surface area contributed by atoms with Gasteiger partial charge in [-0.2, -0.15) is 0 Å². The largest absolute Gasteiger partial charge is 0.335 e. The highest BCUT2D eigenvalue weighted by molar-refractivity contribution is 5.95. The highest BCUT2D eigenvalue weighted by atomic mass is 19.1. The van der Waals surface area contributed by atoms with Crippen molar-refractivity contribution in [1.29, 1.82) is 0 Å². The first-order valence-electron chi connectivity index (χ1n) is 7.68. The number of hydrogen-bond acceptors (Lipinski definition) is 2. The number of Topliss-reactive ketones (excluding diaryl/α,β-unsaturated/α-hetero) is 1. The van der Waals surface area contributed by atoms with Crippen molar-refractivity contribution in [1.82, 2.24) is 4.90 Å². The molecule has 3 nitrogen and oxygen atoms in total. The summed E-state index contributed by atoms with van der Waals surface area (Å²) in [5.41, 5.74) is 0.922. The molecule has 2 aliphatic rings. The highest BCUT2D eigenvalue weighted by Crippen LogP contribution is 2.34. The summed E-state index contributed by atoms with van der Waals surface area (Å²) in [5, 5.41) is 0. The van der Waals surface area contributed by atoms with E-state index < -0.39 is 5.82 Å². The molecule has 0 aromatic heterocycles. The number of ketones is 1. The van der Waals surface area contributed by atoms with Crippen LogP contribution in [0.1, 0.15) is 48.0 Å². The Morgan fingerprint density at radius 2 is 2.10 bits per heavy atom. The monoisotopic (exact) mass is 289 g/mol. The zero-order valence-corrected chi connectivity index (χ0v) is 12.3. The van der Waals surface area contributed by atoms with Crippen molar-refractivity contribution in [2.45, 2.75) is 45.1 Å². The SMILES string of the molecule is Cc1ccc(C(=O)N2CCCC2C2CCCC2=O)c(F)c1. The van der Waals surface area contributed by atoms with Gasteiger partial charge in [0.15, 0.2) is 0 Å². The van der Waals surface area contributed by atoms with Gasteiger partial charge in [0.2, 0.25) is 0 Å². The number of nitrogens with zero attached hydrogens (tertiary/aromatic N) is 1. The van der Waals surface area contributed by atoms with Crippen LogP contribution in [0.2, 0.25) is 0 Å². The first kappa shape index (κ1) is 14.2. The zero-order valence-electron chi connectivity index (χ0n) is 12.3. The zero-order chi connectivity index (χ0) is 15.0. The van der Waals surface area contributed by atoms with E-state index in [1.807, 2.05) is 0 Å². The lowest BCUT2D eigenvalue weighted by Crippen LogP contribution is -2.41. The molecule has 1 saturated heterocycles. The van der Waals surface area contributed by atoms with Gasteiger partial charge in [-0.1, -0.05) is 6.07 Å². The van der Waals surface area contributed by atoms with Gasteiger partial charge in [-0.25, -0.2) is 4.39 Å². The van der Waals surface area contributed by atoms with Crippen LogP contribution in [0.25, 0.3) is 0 Å². The fourth-order valence-electron chi connectivity index (χ4n) is 3.66. The fourth-order valence-corrected chi connectivity index (χ4v) is 3.66. The van der Waals surface area contributed by atoms with E-state index in [1.165, 1.54) is 6.07 Å². The van der Waals surface area contributed by atoms with E-state index in [0.717, 1.165) is 31.2 Å². The van der Waals surface area contributed by atoms with Crippen LogP contribution in [-0.4, -0.2) is 29.2 Å². The van der Waals surface area contributed by atoms with Crippen molar-refractivity contribution in [2.75, 3.05) is 6.54 Å². The van der Waals surface area contributed by atoms with Crippen molar-refractivity contribution >= 4 is 11.7 Å². The van der Waals surface area contributed by atoms with Crippen LogP contribution >= 0.6 is 0 Å². The minimum absolute atomic E-state index is 0.0341. The average molecular weight is 289 g/mol. The standard InChI is InChI=1S/C17H20FNO2/c1-11-7-8-12(14(18)10-11)17(21)19-9-3-5-15(19)13-4-2-6-16(13)20/h7-8,10,13,15H,2-6,9H2,1H3. The van der Waals surface area contributed by atoms with Gasteiger partial charge >= 0.3 is 0 Å². The molecule has 1 aliphatic carbocycles. The van der Waals surface area contributed by atoms with Crippen molar-refractivity contribution < 1.29 is 14.0 Å². The molecule has 112 valence electrons. The van der Waals surface area contributed by atoms with Crippen LogP contribution in [0.15, 0.2) is 18.2 Å². The second-order valence-corrected chi connectivity index (χ2v) is 6.16. The van der Waals surface area contributed by atoms with E-state index in [4.69, 9.17) is 0 Å². The number of halogens is 1. The number of aryl methyl sites for hydroxylation is 1. The molecular weight excluding hydrogens is 269 g/mol. The Labute approximate surface area is 124 Å². The Balaban J connectivity index is 1.84. The second-order valence-electron chi connectivity index (χ2n) is 6.16. The molecule has 0 radical (unpaired) electrons. The Morgan fingerprint density at radius 1 is 1.29 bits per heavy atom. The minimum Gasteiger partial charge on any atom is -0.335 e. The number of carbonyl (C=O) groups excluding carboxylic acids is 2. The molecule has 3 rings (SSSR count). The van der Waals surface area contributed by atoms with Gasteiger partial charge in [0.25, 0.3) is 5.91 Å². The van der Waals surface area contributed by atoms with Gasteiger partial charge in [0.05, 0.1) is 5.56 Å². The average Bonchev–Trinajstić information content (AvgIpc) is 3.06. The fraction of sp³-hybridized carbons (Fsp3) is 0.529. The molecular formula is C17H20FNO2. The van der Waals surface area contributed by atoms with E-state index in [2.05, 4.69) is 0 Å². The molecule has 1 aromatic rings. The first-order valence-corrected chi connectivity index (χ1v) is 7.68. The third-order valence-electron chi connectivity index (χ3n) is 4.73. The smallest absolute Gasteiger partial charge is 0.257 e. The van der Waals surface area contributed by atoms with Gasteiger partial charge in [-0.3, -0.25) is 9.59 Å². The molecule has 0 bridgehead atoms. The van der Waals surface area contributed by atoms with E-state index in [1.54, 1.807) is 24.0 Å².